The molecule has 27 heavy (non-hydrogen) atoms. The molecule has 0 saturated carbocycles. The fourth-order valence-corrected chi connectivity index (χ4v) is 3.07. The second-order valence-corrected chi connectivity index (χ2v) is 6.35. The summed E-state index contributed by atoms with van der Waals surface area (Å²) in [6.45, 7) is 0.483. The van der Waals surface area contributed by atoms with E-state index in [1.54, 1.807) is 0 Å². The molecule has 2 aromatic rings. The molecule has 4 heteroatoms. The van der Waals surface area contributed by atoms with Crippen molar-refractivity contribution < 1.29 is 14.4 Å². The number of oxime groups is 1. The predicted octanol–water partition coefficient (Wildman–Crippen LogP) is 4.69. The molecule has 134 valence electrons. The first-order valence-corrected chi connectivity index (χ1v) is 8.94. The van der Waals surface area contributed by atoms with Gasteiger partial charge in [-0.15, -0.1) is 0 Å². The van der Waals surface area contributed by atoms with Gasteiger partial charge in [-0.2, -0.15) is 0 Å². The fourth-order valence-electron chi connectivity index (χ4n) is 3.07. The Bertz CT molecular complexity index is 954. The van der Waals surface area contributed by atoms with Crippen molar-refractivity contribution in [1.82, 2.24) is 0 Å². The normalized spacial score (nSPS) is 17.9. The van der Waals surface area contributed by atoms with Crippen LogP contribution in [0.4, 0.5) is 0 Å². The molecule has 1 aliphatic carbocycles. The standard InChI is InChI=1S/C23H19NO3/c25-23-20(22(24-27-23)18-11-5-2-6-12-18)15-19-13-7-8-14-21(19)26-16-17-9-3-1-4-10-17/h1-6,8-12,14-15H,7,13,16H2/b20-15-. The highest BCUT2D eigenvalue weighted by Gasteiger charge is 2.27. The molecule has 4 rings (SSSR count). The van der Waals surface area contributed by atoms with Crippen LogP contribution in [0.3, 0.4) is 0 Å². The lowest BCUT2D eigenvalue weighted by Crippen LogP contribution is -2.08. The molecule has 1 aliphatic heterocycles. The van der Waals surface area contributed by atoms with Gasteiger partial charge >= 0.3 is 5.97 Å². The lowest BCUT2D eigenvalue weighted by Gasteiger charge is -2.15. The summed E-state index contributed by atoms with van der Waals surface area (Å²) in [6, 6.07) is 19.6. The summed E-state index contributed by atoms with van der Waals surface area (Å²) in [4.78, 5) is 17.2. The number of carbonyl (C=O) groups excluding carboxylic acids is 1. The summed E-state index contributed by atoms with van der Waals surface area (Å²) in [5.74, 6) is 0.350. The molecule has 0 radical (unpaired) electrons. The van der Waals surface area contributed by atoms with Crippen LogP contribution in [0.15, 0.2) is 101 Å². The minimum Gasteiger partial charge on any atom is -0.489 e. The molecule has 0 N–H and O–H groups in total. The van der Waals surface area contributed by atoms with Crippen LogP contribution in [0.5, 0.6) is 0 Å². The number of hydrogen-bond donors (Lipinski definition) is 0. The maximum absolute atomic E-state index is 12.2. The zero-order valence-corrected chi connectivity index (χ0v) is 14.8. The highest BCUT2D eigenvalue weighted by molar-refractivity contribution is 6.29. The van der Waals surface area contributed by atoms with Gasteiger partial charge in [0, 0.05) is 5.56 Å². The first-order chi connectivity index (χ1) is 13.3. The number of benzene rings is 2. The van der Waals surface area contributed by atoms with Crippen molar-refractivity contribution >= 4 is 11.7 Å². The smallest absolute Gasteiger partial charge is 0.368 e. The maximum Gasteiger partial charge on any atom is 0.368 e. The van der Waals surface area contributed by atoms with Crippen LogP contribution in [0.2, 0.25) is 0 Å². The van der Waals surface area contributed by atoms with Gasteiger partial charge in [0.15, 0.2) is 0 Å². The average molecular weight is 357 g/mol. The van der Waals surface area contributed by atoms with E-state index in [0.717, 1.165) is 35.3 Å². The molecule has 0 saturated heterocycles. The molecule has 0 fully saturated rings. The van der Waals surface area contributed by atoms with Gasteiger partial charge in [-0.3, -0.25) is 0 Å². The number of carbonyl (C=O) groups is 1. The van der Waals surface area contributed by atoms with E-state index in [2.05, 4.69) is 11.2 Å². The molecule has 0 amide bonds. The van der Waals surface area contributed by atoms with Crippen LogP contribution in [-0.4, -0.2) is 11.7 Å². The molecule has 2 aliphatic rings. The lowest BCUT2D eigenvalue weighted by atomic mass is 9.96. The zero-order chi connectivity index (χ0) is 18.5. The minimum atomic E-state index is -0.432. The largest absolute Gasteiger partial charge is 0.489 e. The topological polar surface area (TPSA) is 47.9 Å². The van der Waals surface area contributed by atoms with Crippen molar-refractivity contribution in [3.63, 3.8) is 0 Å². The van der Waals surface area contributed by atoms with Gasteiger partial charge in [0.05, 0.1) is 5.57 Å². The molecule has 0 unspecified atom stereocenters. The highest BCUT2D eigenvalue weighted by Crippen LogP contribution is 2.26. The Kier molecular flexibility index (Phi) is 4.97. The molecule has 2 aromatic carbocycles. The molecule has 1 heterocycles. The molecule has 0 bridgehead atoms. The van der Waals surface area contributed by atoms with Crippen LogP contribution in [0.1, 0.15) is 24.0 Å². The van der Waals surface area contributed by atoms with Crippen molar-refractivity contribution in [3.05, 3.63) is 107 Å². The van der Waals surface area contributed by atoms with Crippen molar-refractivity contribution in [3.8, 4) is 0 Å². The minimum absolute atomic E-state index is 0.432. The molecule has 0 aromatic heterocycles. The molecular formula is C23H19NO3. The number of nitrogens with zero attached hydrogens (tertiary/aromatic N) is 1. The number of rotatable bonds is 5. The van der Waals surface area contributed by atoms with E-state index in [0.29, 0.717) is 17.9 Å². The van der Waals surface area contributed by atoms with Gasteiger partial charge in [0.2, 0.25) is 0 Å². The van der Waals surface area contributed by atoms with Crippen LogP contribution < -0.4 is 0 Å². The average Bonchev–Trinajstić information content (AvgIpc) is 3.09. The van der Waals surface area contributed by atoms with Crippen LogP contribution in [0.25, 0.3) is 0 Å². The summed E-state index contributed by atoms with van der Waals surface area (Å²) < 4.78 is 6.02. The van der Waals surface area contributed by atoms with Crippen LogP contribution >= 0.6 is 0 Å². The Morgan fingerprint density at radius 1 is 1.04 bits per heavy atom. The van der Waals surface area contributed by atoms with Crippen LogP contribution in [-0.2, 0) is 21.0 Å². The van der Waals surface area contributed by atoms with Gasteiger partial charge in [0.25, 0.3) is 0 Å². The van der Waals surface area contributed by atoms with E-state index in [1.807, 2.05) is 72.8 Å². The Morgan fingerprint density at radius 3 is 2.56 bits per heavy atom. The van der Waals surface area contributed by atoms with Gasteiger partial charge < -0.3 is 9.57 Å². The van der Waals surface area contributed by atoms with E-state index in [-0.39, 0.29) is 0 Å². The third kappa shape index (κ3) is 3.90. The van der Waals surface area contributed by atoms with Crippen molar-refractivity contribution in [1.29, 1.82) is 0 Å². The Labute approximate surface area is 158 Å². The maximum atomic E-state index is 12.2. The third-order valence-electron chi connectivity index (χ3n) is 4.46. The van der Waals surface area contributed by atoms with Gasteiger partial charge in [-0.05, 0) is 36.1 Å². The zero-order valence-electron chi connectivity index (χ0n) is 14.8. The number of allylic oxidation sites excluding steroid dienone is 4. The van der Waals surface area contributed by atoms with E-state index in [4.69, 9.17) is 9.57 Å². The first-order valence-electron chi connectivity index (χ1n) is 8.94. The van der Waals surface area contributed by atoms with Gasteiger partial charge in [-0.25, -0.2) is 4.79 Å². The molecule has 4 nitrogen and oxygen atoms in total. The Balaban J connectivity index is 1.62. The highest BCUT2D eigenvalue weighted by atomic mass is 16.7. The van der Waals surface area contributed by atoms with Crippen LogP contribution in [0, 0.1) is 0 Å². The third-order valence-corrected chi connectivity index (χ3v) is 4.46. The summed E-state index contributed by atoms with van der Waals surface area (Å²) in [5.41, 5.74) is 3.96. The van der Waals surface area contributed by atoms with Gasteiger partial charge in [0.1, 0.15) is 18.1 Å². The van der Waals surface area contributed by atoms with Crippen molar-refractivity contribution in [2.45, 2.75) is 19.4 Å². The van der Waals surface area contributed by atoms with E-state index in [1.165, 1.54) is 0 Å². The summed E-state index contributed by atoms with van der Waals surface area (Å²) in [7, 11) is 0. The molecule has 0 spiro atoms. The van der Waals surface area contributed by atoms with E-state index < -0.39 is 5.97 Å². The summed E-state index contributed by atoms with van der Waals surface area (Å²) in [6.07, 6.45) is 7.62. The van der Waals surface area contributed by atoms with Gasteiger partial charge in [-0.1, -0.05) is 71.9 Å². The lowest BCUT2D eigenvalue weighted by molar-refractivity contribution is -0.136. The van der Waals surface area contributed by atoms with Crippen molar-refractivity contribution in [2.75, 3.05) is 0 Å². The second kappa shape index (κ2) is 7.87. The van der Waals surface area contributed by atoms with E-state index in [9.17, 15) is 4.79 Å². The molecule has 0 atom stereocenters. The molecular weight excluding hydrogens is 338 g/mol. The SMILES string of the molecule is O=C1ON=C(c2ccccc2)/C1=C/C1=C(OCc2ccccc2)C=CCC1. The Morgan fingerprint density at radius 2 is 1.78 bits per heavy atom. The summed E-state index contributed by atoms with van der Waals surface area (Å²) in [5, 5.41) is 3.97. The monoisotopic (exact) mass is 357 g/mol. The second-order valence-electron chi connectivity index (χ2n) is 6.35. The number of ether oxygens (including phenoxy) is 1. The van der Waals surface area contributed by atoms with E-state index >= 15 is 0 Å². The number of hydrogen-bond acceptors (Lipinski definition) is 4. The Hall–Kier alpha value is -3.40. The quantitative estimate of drug-likeness (QED) is 0.576. The summed E-state index contributed by atoms with van der Waals surface area (Å²) >= 11 is 0. The van der Waals surface area contributed by atoms with Crippen molar-refractivity contribution in [2.24, 2.45) is 5.16 Å². The fraction of sp³-hybridized carbons (Fsp3) is 0.130. The first kappa shape index (κ1) is 17.0. The predicted molar refractivity (Wildman–Crippen MR) is 104 cm³/mol.